The number of anilines is 2. The van der Waals surface area contributed by atoms with Gasteiger partial charge in [0.2, 0.25) is 5.95 Å². The number of hydrogen-bond donors (Lipinski definition) is 3. The summed E-state index contributed by atoms with van der Waals surface area (Å²) in [6, 6.07) is 19.2. The number of hydrogen-bond acceptors (Lipinski definition) is 10. The molecule has 0 saturated heterocycles. The van der Waals surface area contributed by atoms with Crippen LogP contribution in [0.2, 0.25) is 0 Å². The normalized spacial score (nSPS) is 11.0. The molecule has 0 atom stereocenters. The fraction of sp³-hybridized carbons (Fsp3) is 0. The molecule has 0 unspecified atom stereocenters. The third-order valence-corrected chi connectivity index (χ3v) is 6.02. The number of nitrogens with one attached hydrogen (secondary N) is 1. The van der Waals surface area contributed by atoms with E-state index in [9.17, 15) is 25.9 Å². The van der Waals surface area contributed by atoms with Gasteiger partial charge in [0.05, 0.1) is 10.6 Å². The maximum absolute atomic E-state index is 11.9. The molecule has 184 valence electrons. The largest absolute Gasteiger partial charge is 1.00 e. The number of aromatic nitrogens is 3. The Kier molecular flexibility index (Phi) is 11.0. The fourth-order valence-electron chi connectivity index (χ4n) is 2.77. The first-order valence-electron chi connectivity index (χ1n) is 9.66. The van der Waals surface area contributed by atoms with E-state index in [4.69, 9.17) is 9.47 Å². The zero-order chi connectivity index (χ0) is 25.1. The predicted octanol–water partition coefficient (Wildman–Crippen LogP) is -2.07. The quantitative estimate of drug-likeness (QED) is 0.158. The minimum atomic E-state index is -4.93. The molecule has 0 spiro atoms. The van der Waals surface area contributed by atoms with Crippen molar-refractivity contribution in [2.75, 3.05) is 5.32 Å². The van der Waals surface area contributed by atoms with Crippen molar-refractivity contribution < 1.29 is 97.4 Å². The van der Waals surface area contributed by atoms with Gasteiger partial charge < -0.3 is 17.6 Å². The first-order valence-corrected chi connectivity index (χ1v) is 12.5. The molecular formula is C21H18N4Na2O8S2. The van der Waals surface area contributed by atoms with E-state index >= 15 is 0 Å². The Labute approximate surface area is 259 Å². The van der Waals surface area contributed by atoms with Crippen LogP contribution in [0.1, 0.15) is 2.85 Å². The van der Waals surface area contributed by atoms with Gasteiger partial charge >= 0.3 is 71.1 Å². The molecule has 0 amide bonds. The van der Waals surface area contributed by atoms with Gasteiger partial charge in [0, 0.05) is 0 Å². The summed E-state index contributed by atoms with van der Waals surface area (Å²) in [5.41, 5.74) is -0.289. The Morgan fingerprint density at radius 1 is 0.676 bits per heavy atom. The second kappa shape index (κ2) is 13.1. The predicted molar refractivity (Wildman–Crippen MR) is 124 cm³/mol. The molecular weight excluding hydrogens is 546 g/mol. The number of para-hydroxylation sites is 2. The Balaban J connectivity index is 0.00000361. The molecule has 0 radical (unpaired) electrons. The second-order valence-electron chi connectivity index (χ2n) is 6.79. The number of benzene rings is 3. The smallest absolute Gasteiger partial charge is 1.00 e. The average Bonchev–Trinajstić information content (AvgIpc) is 2.79. The van der Waals surface area contributed by atoms with Gasteiger partial charge in [-0.3, -0.25) is 9.11 Å². The van der Waals surface area contributed by atoms with Crippen molar-refractivity contribution in [2.24, 2.45) is 0 Å². The van der Waals surface area contributed by atoms with Crippen LogP contribution in [0.5, 0.6) is 23.5 Å². The summed E-state index contributed by atoms with van der Waals surface area (Å²) in [7, 11) is -9.67. The maximum Gasteiger partial charge on any atom is 1.00 e. The van der Waals surface area contributed by atoms with Crippen LogP contribution in [0.4, 0.5) is 11.6 Å². The Bertz CT molecular complexity index is 1530. The van der Waals surface area contributed by atoms with Crippen molar-refractivity contribution in [1.82, 2.24) is 15.0 Å². The van der Waals surface area contributed by atoms with E-state index in [-0.39, 0.29) is 85.6 Å². The summed E-state index contributed by atoms with van der Waals surface area (Å²) in [6.45, 7) is 0. The van der Waals surface area contributed by atoms with Gasteiger partial charge in [-0.15, -0.1) is 4.98 Å². The average molecular weight is 565 g/mol. The summed E-state index contributed by atoms with van der Waals surface area (Å²) in [4.78, 5) is 10.7. The van der Waals surface area contributed by atoms with Crippen LogP contribution in [-0.4, -0.2) is 40.9 Å². The number of rotatable bonds is 8. The molecule has 0 aliphatic heterocycles. The van der Waals surface area contributed by atoms with Crippen molar-refractivity contribution >= 4 is 31.9 Å². The van der Waals surface area contributed by atoms with Gasteiger partial charge in [-0.05, 0) is 42.5 Å². The molecule has 4 aromatic rings. The topological polar surface area (TPSA) is 178 Å². The molecule has 16 heteroatoms. The van der Waals surface area contributed by atoms with Crippen LogP contribution in [-0.2, 0) is 20.2 Å². The van der Waals surface area contributed by atoms with E-state index in [1.807, 2.05) is 0 Å². The van der Waals surface area contributed by atoms with Crippen molar-refractivity contribution in [3.8, 4) is 23.5 Å². The van der Waals surface area contributed by atoms with Crippen LogP contribution in [0.3, 0.4) is 0 Å². The minimum Gasteiger partial charge on any atom is -1.00 e. The molecule has 3 aromatic carbocycles. The Hall–Kier alpha value is -2.11. The first kappa shape index (κ1) is 31.1. The molecule has 0 fully saturated rings. The van der Waals surface area contributed by atoms with Gasteiger partial charge in [0.25, 0.3) is 20.2 Å². The third kappa shape index (κ3) is 8.71. The molecule has 0 bridgehead atoms. The van der Waals surface area contributed by atoms with Crippen molar-refractivity contribution in [3.05, 3.63) is 78.9 Å². The molecule has 3 N–H and O–H groups in total. The van der Waals surface area contributed by atoms with Crippen LogP contribution in [0.15, 0.2) is 88.7 Å². The first-order chi connectivity index (χ1) is 16.6. The van der Waals surface area contributed by atoms with Gasteiger partial charge in [-0.1, -0.05) is 36.4 Å². The van der Waals surface area contributed by atoms with E-state index in [0.29, 0.717) is 17.6 Å². The second-order valence-corrected chi connectivity index (χ2v) is 9.60. The van der Waals surface area contributed by atoms with Gasteiger partial charge in [-0.25, -0.2) is 0 Å². The standard InChI is InChI=1S/C21H16N4O8S2.2Na.2H/c26-34(27,28)16-11-12-17(18(13-16)35(29,30)31)22-19-23-20(32-14-7-3-1-4-8-14)25-21(24-19)33-15-9-5-2-6-10-15;;;;/h1-13H,(H,26,27,28)(H,29,30,31)(H,22,23,24,25);;;;/q;2*+1;2*-1. The summed E-state index contributed by atoms with van der Waals surface area (Å²) in [5.74, 6) is 0.541. The van der Waals surface area contributed by atoms with Crippen LogP contribution >= 0.6 is 0 Å². The number of ether oxygens (including phenoxy) is 2. The maximum atomic E-state index is 11.9. The Morgan fingerprint density at radius 3 is 1.59 bits per heavy atom. The molecule has 12 nitrogen and oxygen atoms in total. The van der Waals surface area contributed by atoms with E-state index in [2.05, 4.69) is 20.3 Å². The van der Waals surface area contributed by atoms with Crippen molar-refractivity contribution in [2.45, 2.75) is 9.79 Å². The zero-order valence-electron chi connectivity index (χ0n) is 21.5. The molecule has 1 aromatic heterocycles. The molecule has 37 heavy (non-hydrogen) atoms. The summed E-state index contributed by atoms with van der Waals surface area (Å²) in [6.07, 6.45) is 0. The van der Waals surface area contributed by atoms with Crippen LogP contribution in [0, 0.1) is 0 Å². The fourth-order valence-corrected chi connectivity index (χ4v) is 4.03. The molecule has 0 saturated carbocycles. The molecule has 0 aliphatic carbocycles. The van der Waals surface area contributed by atoms with Crippen LogP contribution < -0.4 is 73.9 Å². The van der Waals surface area contributed by atoms with Crippen molar-refractivity contribution in [1.29, 1.82) is 0 Å². The third-order valence-electron chi connectivity index (χ3n) is 4.27. The summed E-state index contributed by atoms with van der Waals surface area (Å²) < 4.78 is 76.7. The van der Waals surface area contributed by atoms with Gasteiger partial charge in [0.1, 0.15) is 16.4 Å². The van der Waals surface area contributed by atoms with E-state index in [0.717, 1.165) is 12.1 Å². The molecule has 4 rings (SSSR count). The SMILES string of the molecule is O=S(=O)(O)c1ccc(Nc2nc(Oc3ccccc3)nc(Oc3ccccc3)n2)c(S(=O)(=O)O)c1.[H-].[H-].[Na+].[Na+]. The van der Waals surface area contributed by atoms with E-state index < -0.39 is 30.0 Å². The summed E-state index contributed by atoms with van der Waals surface area (Å²) >= 11 is 0. The van der Waals surface area contributed by atoms with E-state index in [1.165, 1.54) is 0 Å². The van der Waals surface area contributed by atoms with Crippen molar-refractivity contribution in [3.63, 3.8) is 0 Å². The molecule has 0 aliphatic rings. The summed E-state index contributed by atoms with van der Waals surface area (Å²) in [5, 5.41) is 2.57. The molecule has 1 heterocycles. The zero-order valence-corrected chi connectivity index (χ0v) is 25.1. The van der Waals surface area contributed by atoms with Gasteiger partial charge in [0.15, 0.2) is 0 Å². The van der Waals surface area contributed by atoms with E-state index in [1.54, 1.807) is 60.7 Å². The minimum absolute atomic E-state index is 0. The number of nitrogens with zero attached hydrogens (tertiary/aromatic N) is 3. The van der Waals surface area contributed by atoms with Gasteiger partial charge in [-0.2, -0.15) is 26.8 Å². The Morgan fingerprint density at radius 2 is 1.16 bits per heavy atom. The monoisotopic (exact) mass is 564 g/mol. The van der Waals surface area contributed by atoms with Crippen LogP contribution in [0.25, 0.3) is 0 Å².